The zero-order chi connectivity index (χ0) is 13.0. The van der Waals surface area contributed by atoms with Gasteiger partial charge in [-0.05, 0) is 26.0 Å². The molecule has 3 nitrogen and oxygen atoms in total. The fourth-order valence-corrected chi connectivity index (χ4v) is 3.01. The third kappa shape index (κ3) is 3.85. The lowest BCUT2D eigenvalue weighted by Gasteiger charge is -2.04. The molecule has 1 amide bonds. The molecule has 0 bridgehead atoms. The predicted octanol–water partition coefficient (Wildman–Crippen LogP) is 3.49. The molecule has 2 rings (SSSR count). The first kappa shape index (κ1) is 13.1. The number of benzene rings is 1. The number of amides is 1. The Morgan fingerprint density at radius 1 is 1.33 bits per heavy atom. The number of anilines is 1. The molecule has 94 valence electrons. The minimum absolute atomic E-state index is 0.00305. The smallest absolute Gasteiger partial charge is 0.234 e. The third-order valence-electron chi connectivity index (χ3n) is 2.26. The molecule has 2 aromatic rings. The van der Waals surface area contributed by atoms with E-state index >= 15 is 0 Å². The summed E-state index contributed by atoms with van der Waals surface area (Å²) >= 11 is 3.04. The van der Waals surface area contributed by atoms with Gasteiger partial charge in [0, 0.05) is 16.8 Å². The molecule has 0 radical (unpaired) electrons. The van der Waals surface area contributed by atoms with Crippen LogP contribution in [0.15, 0.2) is 34.0 Å². The predicted molar refractivity (Wildman–Crippen MR) is 77.4 cm³/mol. The second-order valence-corrected chi connectivity index (χ2v) is 6.04. The van der Waals surface area contributed by atoms with Crippen LogP contribution >= 0.6 is 23.1 Å². The SMILES string of the molecule is Cc1ccc(NC(=O)CSc2nc(C)cs2)cc1. The number of rotatable bonds is 4. The van der Waals surface area contributed by atoms with E-state index in [4.69, 9.17) is 0 Å². The van der Waals surface area contributed by atoms with Crippen LogP contribution in [0.5, 0.6) is 0 Å². The van der Waals surface area contributed by atoms with Crippen molar-refractivity contribution in [1.29, 1.82) is 0 Å². The van der Waals surface area contributed by atoms with Crippen molar-refractivity contribution in [3.8, 4) is 0 Å². The number of carbonyl (C=O) groups excluding carboxylic acids is 1. The Balaban J connectivity index is 1.83. The Kier molecular flexibility index (Phi) is 4.38. The second-order valence-electron chi connectivity index (χ2n) is 3.96. The zero-order valence-electron chi connectivity index (χ0n) is 10.3. The Bertz CT molecular complexity index is 534. The molecule has 1 heterocycles. The van der Waals surface area contributed by atoms with Gasteiger partial charge < -0.3 is 5.32 Å². The Morgan fingerprint density at radius 2 is 2.06 bits per heavy atom. The van der Waals surface area contributed by atoms with E-state index in [1.165, 1.54) is 17.3 Å². The summed E-state index contributed by atoms with van der Waals surface area (Å²) in [5, 5.41) is 4.85. The van der Waals surface area contributed by atoms with Gasteiger partial charge in [0.25, 0.3) is 0 Å². The first-order valence-electron chi connectivity index (χ1n) is 5.55. The number of thiazole rings is 1. The number of aromatic nitrogens is 1. The maximum atomic E-state index is 11.7. The number of hydrogen-bond donors (Lipinski definition) is 1. The Labute approximate surface area is 115 Å². The maximum Gasteiger partial charge on any atom is 0.234 e. The van der Waals surface area contributed by atoms with Gasteiger partial charge in [-0.3, -0.25) is 4.79 Å². The standard InChI is InChI=1S/C13H14N2OS2/c1-9-3-5-11(6-4-9)15-12(16)8-18-13-14-10(2)7-17-13/h3-7H,8H2,1-2H3,(H,15,16). The number of hydrogen-bond acceptors (Lipinski definition) is 4. The summed E-state index contributed by atoms with van der Waals surface area (Å²) < 4.78 is 0.937. The van der Waals surface area contributed by atoms with Crippen molar-refractivity contribution < 1.29 is 4.79 Å². The van der Waals surface area contributed by atoms with E-state index in [0.29, 0.717) is 5.75 Å². The van der Waals surface area contributed by atoms with E-state index in [1.807, 2.05) is 43.5 Å². The van der Waals surface area contributed by atoms with Crippen LogP contribution in [0.2, 0.25) is 0 Å². The molecule has 18 heavy (non-hydrogen) atoms. The fraction of sp³-hybridized carbons (Fsp3) is 0.231. The molecule has 1 N–H and O–H groups in total. The van der Waals surface area contributed by atoms with E-state index in [0.717, 1.165) is 15.7 Å². The van der Waals surface area contributed by atoms with Gasteiger partial charge >= 0.3 is 0 Å². The summed E-state index contributed by atoms with van der Waals surface area (Å²) in [7, 11) is 0. The molecule has 0 aliphatic heterocycles. The van der Waals surface area contributed by atoms with Crippen molar-refractivity contribution >= 4 is 34.7 Å². The van der Waals surface area contributed by atoms with Gasteiger partial charge in [0.1, 0.15) is 0 Å². The van der Waals surface area contributed by atoms with Gasteiger partial charge in [0.05, 0.1) is 5.75 Å². The van der Waals surface area contributed by atoms with Crippen LogP contribution in [0.4, 0.5) is 5.69 Å². The van der Waals surface area contributed by atoms with E-state index in [2.05, 4.69) is 10.3 Å². The molecule has 0 saturated carbocycles. The van der Waals surface area contributed by atoms with Gasteiger partial charge in [-0.2, -0.15) is 0 Å². The minimum atomic E-state index is -0.00305. The summed E-state index contributed by atoms with van der Waals surface area (Å²) in [4.78, 5) is 16.0. The molecule has 0 unspecified atom stereocenters. The molecule has 0 aliphatic rings. The molecule has 0 saturated heterocycles. The van der Waals surface area contributed by atoms with Crippen molar-refractivity contribution in [2.24, 2.45) is 0 Å². The normalized spacial score (nSPS) is 10.3. The van der Waals surface area contributed by atoms with Gasteiger partial charge in [-0.25, -0.2) is 4.98 Å². The van der Waals surface area contributed by atoms with Gasteiger partial charge in [-0.15, -0.1) is 11.3 Å². The molecule has 0 fully saturated rings. The Morgan fingerprint density at radius 3 is 2.67 bits per heavy atom. The van der Waals surface area contributed by atoms with Crippen LogP contribution < -0.4 is 5.32 Å². The summed E-state index contributed by atoms with van der Waals surface area (Å²) in [5.74, 6) is 0.387. The number of carbonyl (C=O) groups is 1. The third-order valence-corrected chi connectivity index (χ3v) is 4.40. The van der Waals surface area contributed by atoms with Crippen molar-refractivity contribution in [2.45, 2.75) is 18.2 Å². The first-order chi connectivity index (χ1) is 8.63. The molecule has 1 aromatic heterocycles. The molecular formula is C13H14N2OS2. The average Bonchev–Trinajstić information content (AvgIpc) is 2.76. The van der Waals surface area contributed by atoms with Crippen LogP contribution in [0.1, 0.15) is 11.3 Å². The number of nitrogens with zero attached hydrogens (tertiary/aromatic N) is 1. The molecule has 0 atom stereocenters. The van der Waals surface area contributed by atoms with Crippen LogP contribution in [-0.4, -0.2) is 16.6 Å². The summed E-state index contributed by atoms with van der Waals surface area (Å²) in [6, 6.07) is 7.77. The van der Waals surface area contributed by atoms with Crippen molar-refractivity contribution in [3.05, 3.63) is 40.9 Å². The lowest BCUT2D eigenvalue weighted by atomic mass is 10.2. The second kappa shape index (κ2) is 6.02. The number of nitrogens with one attached hydrogen (secondary N) is 1. The van der Waals surface area contributed by atoms with Gasteiger partial charge in [-0.1, -0.05) is 29.5 Å². The van der Waals surface area contributed by atoms with Gasteiger partial charge in [0.15, 0.2) is 4.34 Å². The van der Waals surface area contributed by atoms with Crippen molar-refractivity contribution in [3.63, 3.8) is 0 Å². The van der Waals surface area contributed by atoms with Crippen LogP contribution in [0.3, 0.4) is 0 Å². The lowest BCUT2D eigenvalue weighted by Crippen LogP contribution is -2.13. The molecule has 5 heteroatoms. The summed E-state index contributed by atoms with van der Waals surface area (Å²) in [6.45, 7) is 3.97. The molecule has 0 aliphatic carbocycles. The molecule has 1 aromatic carbocycles. The molecular weight excluding hydrogens is 264 g/mol. The van der Waals surface area contributed by atoms with E-state index in [-0.39, 0.29) is 5.91 Å². The number of thioether (sulfide) groups is 1. The Hall–Kier alpha value is -1.33. The summed E-state index contributed by atoms with van der Waals surface area (Å²) in [5.41, 5.74) is 3.02. The zero-order valence-corrected chi connectivity index (χ0v) is 11.9. The minimum Gasteiger partial charge on any atom is -0.325 e. The fourth-order valence-electron chi connectivity index (χ4n) is 1.36. The first-order valence-corrected chi connectivity index (χ1v) is 7.41. The van der Waals surface area contributed by atoms with Crippen molar-refractivity contribution in [1.82, 2.24) is 4.98 Å². The van der Waals surface area contributed by atoms with Crippen molar-refractivity contribution in [2.75, 3.05) is 11.1 Å². The van der Waals surface area contributed by atoms with E-state index in [1.54, 1.807) is 11.3 Å². The topological polar surface area (TPSA) is 42.0 Å². The highest BCUT2D eigenvalue weighted by atomic mass is 32.2. The van der Waals surface area contributed by atoms with Gasteiger partial charge in [0.2, 0.25) is 5.91 Å². The van der Waals surface area contributed by atoms with Crippen LogP contribution in [-0.2, 0) is 4.79 Å². The van der Waals surface area contributed by atoms with Crippen LogP contribution in [0, 0.1) is 13.8 Å². The quantitative estimate of drug-likeness (QED) is 0.870. The highest BCUT2D eigenvalue weighted by Crippen LogP contribution is 2.22. The molecule has 0 spiro atoms. The highest BCUT2D eigenvalue weighted by Gasteiger charge is 2.05. The van der Waals surface area contributed by atoms with E-state index in [9.17, 15) is 4.79 Å². The summed E-state index contributed by atoms with van der Waals surface area (Å²) in [6.07, 6.45) is 0. The monoisotopic (exact) mass is 278 g/mol. The maximum absolute atomic E-state index is 11.7. The lowest BCUT2D eigenvalue weighted by molar-refractivity contribution is -0.113. The van der Waals surface area contributed by atoms with Crippen LogP contribution in [0.25, 0.3) is 0 Å². The average molecular weight is 278 g/mol. The number of aryl methyl sites for hydroxylation is 2. The largest absolute Gasteiger partial charge is 0.325 e. The highest BCUT2D eigenvalue weighted by molar-refractivity contribution is 8.01. The van der Waals surface area contributed by atoms with E-state index < -0.39 is 0 Å².